The van der Waals surface area contributed by atoms with Crippen LogP contribution in [0.1, 0.15) is 71.4 Å². The second-order valence-corrected chi connectivity index (χ2v) is 6.25. The molecule has 0 aromatic carbocycles. The van der Waals surface area contributed by atoms with Crippen molar-refractivity contribution in [1.82, 2.24) is 4.98 Å². The Labute approximate surface area is 117 Å². The van der Waals surface area contributed by atoms with Crippen molar-refractivity contribution in [3.05, 3.63) is 16.6 Å². The standard InChI is InChI=1S/C16H29NS/c1-4-6-7-8-9-10-14(3)15(5-2)11-16-12-18-13-17-16/h12-15H,4-11H2,1-3H3. The first-order valence-corrected chi connectivity index (χ1v) is 8.59. The maximum atomic E-state index is 4.43. The molecule has 0 fully saturated rings. The maximum Gasteiger partial charge on any atom is 0.0794 e. The lowest BCUT2D eigenvalue weighted by Crippen LogP contribution is -2.14. The molecule has 0 aliphatic rings. The Morgan fingerprint density at radius 2 is 1.94 bits per heavy atom. The first-order valence-electron chi connectivity index (χ1n) is 7.65. The highest BCUT2D eigenvalue weighted by molar-refractivity contribution is 7.07. The largest absolute Gasteiger partial charge is 0.250 e. The van der Waals surface area contributed by atoms with E-state index < -0.39 is 0 Å². The van der Waals surface area contributed by atoms with Gasteiger partial charge in [-0.15, -0.1) is 11.3 Å². The highest BCUT2D eigenvalue weighted by atomic mass is 32.1. The Morgan fingerprint density at radius 1 is 1.17 bits per heavy atom. The summed E-state index contributed by atoms with van der Waals surface area (Å²) in [5, 5.41) is 2.20. The van der Waals surface area contributed by atoms with Crippen LogP contribution in [-0.4, -0.2) is 4.98 Å². The van der Waals surface area contributed by atoms with Gasteiger partial charge < -0.3 is 0 Å². The minimum absolute atomic E-state index is 0.818. The molecule has 1 heterocycles. The highest BCUT2D eigenvalue weighted by Gasteiger charge is 2.16. The zero-order valence-corrected chi connectivity index (χ0v) is 13.1. The topological polar surface area (TPSA) is 12.9 Å². The van der Waals surface area contributed by atoms with Crippen LogP contribution in [0.15, 0.2) is 10.9 Å². The second kappa shape index (κ2) is 9.55. The van der Waals surface area contributed by atoms with E-state index in [1.165, 1.54) is 57.1 Å². The number of unbranched alkanes of at least 4 members (excludes halogenated alkanes) is 4. The molecule has 1 aromatic heterocycles. The summed E-state index contributed by atoms with van der Waals surface area (Å²) >= 11 is 1.72. The van der Waals surface area contributed by atoms with Gasteiger partial charge in [-0.3, -0.25) is 0 Å². The van der Waals surface area contributed by atoms with Gasteiger partial charge in [0.2, 0.25) is 0 Å². The summed E-state index contributed by atoms with van der Waals surface area (Å²) < 4.78 is 0. The van der Waals surface area contributed by atoms with Crippen molar-refractivity contribution in [2.45, 2.75) is 72.1 Å². The van der Waals surface area contributed by atoms with Crippen LogP contribution >= 0.6 is 11.3 Å². The average molecular weight is 267 g/mol. The van der Waals surface area contributed by atoms with Gasteiger partial charge in [-0.2, -0.15) is 0 Å². The zero-order chi connectivity index (χ0) is 13.2. The van der Waals surface area contributed by atoms with Crippen LogP contribution in [0.3, 0.4) is 0 Å². The Morgan fingerprint density at radius 3 is 2.56 bits per heavy atom. The molecule has 1 nitrogen and oxygen atoms in total. The van der Waals surface area contributed by atoms with E-state index in [-0.39, 0.29) is 0 Å². The van der Waals surface area contributed by atoms with E-state index in [1.807, 2.05) is 5.51 Å². The van der Waals surface area contributed by atoms with Crippen LogP contribution in [0.2, 0.25) is 0 Å². The van der Waals surface area contributed by atoms with Crippen molar-refractivity contribution in [3.8, 4) is 0 Å². The Bertz CT molecular complexity index is 281. The number of rotatable bonds is 10. The fourth-order valence-electron chi connectivity index (χ4n) is 2.66. The summed E-state index contributed by atoms with van der Waals surface area (Å²) in [4.78, 5) is 4.43. The van der Waals surface area contributed by atoms with Crippen LogP contribution in [-0.2, 0) is 6.42 Å². The molecule has 2 unspecified atom stereocenters. The van der Waals surface area contributed by atoms with Gasteiger partial charge in [0.1, 0.15) is 0 Å². The summed E-state index contributed by atoms with van der Waals surface area (Å²) in [6.07, 6.45) is 10.9. The number of thiazole rings is 1. The van der Waals surface area contributed by atoms with Crippen LogP contribution in [0.25, 0.3) is 0 Å². The molecule has 2 atom stereocenters. The number of nitrogens with zero attached hydrogens (tertiary/aromatic N) is 1. The minimum atomic E-state index is 0.818. The van der Waals surface area contributed by atoms with Crippen LogP contribution in [0, 0.1) is 11.8 Å². The first kappa shape index (κ1) is 15.7. The summed E-state index contributed by atoms with van der Waals surface area (Å²) in [6.45, 7) is 7.04. The molecule has 104 valence electrons. The summed E-state index contributed by atoms with van der Waals surface area (Å²) in [6, 6.07) is 0. The van der Waals surface area contributed by atoms with Gasteiger partial charge in [0.05, 0.1) is 11.2 Å². The van der Waals surface area contributed by atoms with Gasteiger partial charge in [0, 0.05) is 5.38 Å². The van der Waals surface area contributed by atoms with E-state index in [4.69, 9.17) is 0 Å². The summed E-state index contributed by atoms with van der Waals surface area (Å²) in [5.41, 5.74) is 3.25. The van der Waals surface area contributed by atoms with Crippen LogP contribution in [0.4, 0.5) is 0 Å². The third-order valence-electron chi connectivity index (χ3n) is 4.05. The van der Waals surface area contributed by atoms with Crippen molar-refractivity contribution in [2.24, 2.45) is 11.8 Å². The number of aromatic nitrogens is 1. The molecule has 0 radical (unpaired) electrons. The maximum absolute atomic E-state index is 4.43. The lowest BCUT2D eigenvalue weighted by molar-refractivity contribution is 0.314. The first-order chi connectivity index (χ1) is 8.77. The fraction of sp³-hybridized carbons (Fsp3) is 0.812. The molecule has 0 amide bonds. The second-order valence-electron chi connectivity index (χ2n) is 5.53. The van der Waals surface area contributed by atoms with E-state index in [1.54, 1.807) is 11.3 Å². The third-order valence-corrected chi connectivity index (χ3v) is 4.68. The fourth-order valence-corrected chi connectivity index (χ4v) is 3.23. The third kappa shape index (κ3) is 5.99. The van der Waals surface area contributed by atoms with Crippen molar-refractivity contribution < 1.29 is 0 Å². The lowest BCUT2D eigenvalue weighted by Gasteiger charge is -2.22. The molecule has 0 saturated heterocycles. The Kier molecular flexibility index (Phi) is 8.32. The SMILES string of the molecule is CCCCCCCC(C)C(CC)Cc1cscn1. The van der Waals surface area contributed by atoms with Crippen molar-refractivity contribution in [1.29, 1.82) is 0 Å². The lowest BCUT2D eigenvalue weighted by atomic mass is 9.84. The van der Waals surface area contributed by atoms with Crippen molar-refractivity contribution >= 4 is 11.3 Å². The molecule has 0 aliphatic heterocycles. The predicted octanol–water partition coefficient (Wildman–Crippen LogP) is 5.71. The molecular weight excluding hydrogens is 238 g/mol. The summed E-state index contributed by atoms with van der Waals surface area (Å²) in [5.74, 6) is 1.66. The normalized spacial score (nSPS) is 14.6. The number of hydrogen-bond acceptors (Lipinski definition) is 2. The monoisotopic (exact) mass is 267 g/mol. The molecule has 18 heavy (non-hydrogen) atoms. The van der Waals surface area contributed by atoms with E-state index >= 15 is 0 Å². The Balaban J connectivity index is 2.22. The predicted molar refractivity (Wildman–Crippen MR) is 82.1 cm³/mol. The molecule has 0 bridgehead atoms. The van der Waals surface area contributed by atoms with Gasteiger partial charge in [-0.05, 0) is 18.3 Å². The van der Waals surface area contributed by atoms with E-state index in [0.717, 1.165) is 11.8 Å². The Hall–Kier alpha value is -0.370. The molecule has 1 rings (SSSR count). The minimum Gasteiger partial charge on any atom is -0.250 e. The highest BCUT2D eigenvalue weighted by Crippen LogP contribution is 2.25. The smallest absolute Gasteiger partial charge is 0.0794 e. The number of hydrogen-bond donors (Lipinski definition) is 0. The molecule has 0 aliphatic carbocycles. The van der Waals surface area contributed by atoms with Gasteiger partial charge in [0.25, 0.3) is 0 Å². The van der Waals surface area contributed by atoms with Gasteiger partial charge >= 0.3 is 0 Å². The molecule has 0 spiro atoms. The molecule has 0 saturated carbocycles. The van der Waals surface area contributed by atoms with Crippen molar-refractivity contribution in [2.75, 3.05) is 0 Å². The van der Waals surface area contributed by atoms with Gasteiger partial charge in [-0.1, -0.05) is 65.7 Å². The van der Waals surface area contributed by atoms with E-state index in [2.05, 4.69) is 31.1 Å². The zero-order valence-electron chi connectivity index (χ0n) is 12.3. The molecule has 0 N–H and O–H groups in total. The van der Waals surface area contributed by atoms with Crippen molar-refractivity contribution in [3.63, 3.8) is 0 Å². The van der Waals surface area contributed by atoms with E-state index in [0.29, 0.717) is 0 Å². The molecular formula is C16H29NS. The van der Waals surface area contributed by atoms with Crippen LogP contribution < -0.4 is 0 Å². The molecule has 1 aromatic rings. The van der Waals surface area contributed by atoms with Gasteiger partial charge in [0.15, 0.2) is 0 Å². The van der Waals surface area contributed by atoms with Gasteiger partial charge in [-0.25, -0.2) is 4.98 Å². The summed E-state index contributed by atoms with van der Waals surface area (Å²) in [7, 11) is 0. The average Bonchev–Trinajstić information content (AvgIpc) is 2.88. The molecule has 2 heteroatoms. The van der Waals surface area contributed by atoms with Crippen LogP contribution in [0.5, 0.6) is 0 Å². The van der Waals surface area contributed by atoms with E-state index in [9.17, 15) is 0 Å². The quantitative estimate of drug-likeness (QED) is 0.495.